The van der Waals surface area contributed by atoms with Crippen LogP contribution in [0.1, 0.15) is 6.92 Å². The van der Waals surface area contributed by atoms with E-state index in [1.807, 2.05) is 4.72 Å². The Bertz CT molecular complexity index is 250. The summed E-state index contributed by atoms with van der Waals surface area (Å²) in [5, 5.41) is 8.30. The first-order chi connectivity index (χ1) is 6.02. The highest BCUT2D eigenvalue weighted by atomic mass is 32.2. The van der Waals surface area contributed by atoms with Gasteiger partial charge in [0.1, 0.15) is 0 Å². The van der Waals surface area contributed by atoms with E-state index < -0.39 is 16.3 Å². The van der Waals surface area contributed by atoms with E-state index in [9.17, 15) is 13.2 Å². The molecule has 0 spiro atoms. The largest absolute Gasteiger partial charge is 0.449 e. The monoisotopic (exact) mass is 212 g/mol. The van der Waals surface area contributed by atoms with Gasteiger partial charge in [0.05, 0.1) is 13.2 Å². The predicted octanol–water partition coefficient (Wildman–Crippen LogP) is -1.44. The summed E-state index contributed by atoms with van der Waals surface area (Å²) in [6.07, 6.45) is -1.05. The van der Waals surface area contributed by atoms with Crippen LogP contribution < -0.4 is 9.44 Å². The third-order valence-corrected chi connectivity index (χ3v) is 1.92. The highest BCUT2D eigenvalue weighted by molar-refractivity contribution is 7.88. The summed E-state index contributed by atoms with van der Waals surface area (Å²) in [6, 6.07) is 0. The Balaban J connectivity index is 3.95. The molecule has 0 aromatic heterocycles. The van der Waals surface area contributed by atoms with Crippen LogP contribution in [-0.4, -0.2) is 39.4 Å². The number of hydrogen-bond acceptors (Lipinski definition) is 5. The molecule has 8 heteroatoms. The number of hydrogen-bond donors (Lipinski definition) is 3. The van der Waals surface area contributed by atoms with Crippen molar-refractivity contribution >= 4 is 16.3 Å². The van der Waals surface area contributed by atoms with Crippen molar-refractivity contribution in [2.75, 3.05) is 19.8 Å². The van der Waals surface area contributed by atoms with Crippen LogP contribution in [0.2, 0.25) is 0 Å². The van der Waals surface area contributed by atoms with E-state index in [0.29, 0.717) is 0 Å². The maximum Gasteiger partial charge on any atom is 0.421 e. The molecule has 0 unspecified atom stereocenters. The van der Waals surface area contributed by atoms with Crippen LogP contribution in [0.5, 0.6) is 0 Å². The van der Waals surface area contributed by atoms with Gasteiger partial charge >= 0.3 is 16.3 Å². The zero-order valence-electron chi connectivity index (χ0n) is 7.11. The molecule has 7 nitrogen and oxygen atoms in total. The number of amides is 1. The molecule has 0 aliphatic rings. The number of aliphatic hydroxyl groups is 1. The minimum Gasteiger partial charge on any atom is -0.449 e. The SMILES string of the molecule is CCOC(=O)NS(=O)(=O)NCCO. The number of carbonyl (C=O) groups excluding carboxylic acids is 1. The lowest BCUT2D eigenvalue weighted by molar-refractivity contribution is 0.158. The standard InChI is InChI=1S/C5H12N2O5S/c1-2-12-5(9)7-13(10,11)6-3-4-8/h6,8H,2-4H2,1H3,(H,7,9). The summed E-state index contributed by atoms with van der Waals surface area (Å²) in [6.45, 7) is 1.13. The van der Waals surface area contributed by atoms with Crippen LogP contribution in [0, 0.1) is 0 Å². The van der Waals surface area contributed by atoms with E-state index in [0.717, 1.165) is 0 Å². The second kappa shape index (κ2) is 5.73. The third kappa shape index (κ3) is 6.31. The highest BCUT2D eigenvalue weighted by Crippen LogP contribution is 1.81. The van der Waals surface area contributed by atoms with Gasteiger partial charge in [0.2, 0.25) is 0 Å². The Morgan fingerprint density at radius 1 is 1.54 bits per heavy atom. The normalized spacial score (nSPS) is 10.9. The molecule has 0 rings (SSSR count). The molecule has 13 heavy (non-hydrogen) atoms. The summed E-state index contributed by atoms with van der Waals surface area (Å²) in [7, 11) is -3.90. The summed E-state index contributed by atoms with van der Waals surface area (Å²) in [4.78, 5) is 10.6. The van der Waals surface area contributed by atoms with Crippen molar-refractivity contribution in [3.63, 3.8) is 0 Å². The number of carbonyl (C=O) groups is 1. The maximum absolute atomic E-state index is 10.8. The van der Waals surface area contributed by atoms with Gasteiger partial charge in [0.15, 0.2) is 0 Å². The lowest BCUT2D eigenvalue weighted by Gasteiger charge is -2.06. The molecule has 0 aromatic carbocycles. The van der Waals surface area contributed by atoms with Crippen LogP contribution in [0.25, 0.3) is 0 Å². The predicted molar refractivity (Wildman–Crippen MR) is 44.2 cm³/mol. The van der Waals surface area contributed by atoms with Crippen LogP contribution in [0.4, 0.5) is 4.79 Å². The number of aliphatic hydroxyl groups excluding tert-OH is 1. The van der Waals surface area contributed by atoms with Crippen LogP contribution >= 0.6 is 0 Å². The molecule has 0 heterocycles. The van der Waals surface area contributed by atoms with Gasteiger partial charge in [-0.15, -0.1) is 0 Å². The van der Waals surface area contributed by atoms with E-state index in [2.05, 4.69) is 4.74 Å². The molecule has 0 aliphatic carbocycles. The van der Waals surface area contributed by atoms with Gasteiger partial charge in [0.25, 0.3) is 0 Å². The fraction of sp³-hybridized carbons (Fsp3) is 0.800. The topological polar surface area (TPSA) is 105 Å². The third-order valence-electron chi connectivity index (χ3n) is 0.897. The summed E-state index contributed by atoms with van der Waals surface area (Å²) in [5.41, 5.74) is 0. The fourth-order valence-electron chi connectivity index (χ4n) is 0.486. The summed E-state index contributed by atoms with van der Waals surface area (Å²) < 4.78 is 29.5. The van der Waals surface area contributed by atoms with E-state index in [1.165, 1.54) is 0 Å². The molecule has 0 aliphatic heterocycles. The Morgan fingerprint density at radius 2 is 2.15 bits per heavy atom. The molecule has 78 valence electrons. The van der Waals surface area contributed by atoms with Crippen molar-refractivity contribution in [2.45, 2.75) is 6.92 Å². The molecule has 0 bridgehead atoms. The first kappa shape index (κ1) is 12.1. The van der Waals surface area contributed by atoms with Gasteiger partial charge in [-0.25, -0.2) is 9.52 Å². The van der Waals surface area contributed by atoms with Crippen molar-refractivity contribution in [3.8, 4) is 0 Å². The van der Waals surface area contributed by atoms with Crippen molar-refractivity contribution in [1.82, 2.24) is 9.44 Å². The van der Waals surface area contributed by atoms with Gasteiger partial charge in [-0.3, -0.25) is 0 Å². The molecule has 3 N–H and O–H groups in total. The lowest BCUT2D eigenvalue weighted by atomic mass is 10.8. The van der Waals surface area contributed by atoms with Gasteiger partial charge in [-0.1, -0.05) is 0 Å². The fourth-order valence-corrected chi connectivity index (χ4v) is 1.20. The van der Waals surface area contributed by atoms with E-state index in [1.54, 1.807) is 11.6 Å². The van der Waals surface area contributed by atoms with Crippen molar-refractivity contribution in [2.24, 2.45) is 0 Å². The van der Waals surface area contributed by atoms with Gasteiger partial charge in [-0.05, 0) is 6.92 Å². The number of rotatable bonds is 5. The molecule has 0 atom stereocenters. The van der Waals surface area contributed by atoms with Crippen molar-refractivity contribution in [1.29, 1.82) is 0 Å². The van der Waals surface area contributed by atoms with Gasteiger partial charge in [-0.2, -0.15) is 13.1 Å². The maximum atomic E-state index is 10.8. The second-order valence-corrected chi connectivity index (χ2v) is 3.44. The van der Waals surface area contributed by atoms with Crippen molar-refractivity contribution < 1.29 is 23.1 Å². The Hall–Kier alpha value is -0.860. The molecule has 0 saturated heterocycles. The summed E-state index contributed by atoms with van der Waals surface area (Å²) in [5.74, 6) is 0. The molecular formula is C5H12N2O5S. The zero-order chi connectivity index (χ0) is 10.3. The lowest BCUT2D eigenvalue weighted by Crippen LogP contribution is -2.41. The molecule has 0 fully saturated rings. The molecular weight excluding hydrogens is 200 g/mol. The first-order valence-electron chi connectivity index (χ1n) is 3.57. The van der Waals surface area contributed by atoms with E-state index in [4.69, 9.17) is 5.11 Å². The zero-order valence-corrected chi connectivity index (χ0v) is 7.93. The minimum atomic E-state index is -3.90. The molecule has 0 saturated carbocycles. The molecule has 1 amide bonds. The second-order valence-electron chi connectivity index (χ2n) is 1.94. The quantitative estimate of drug-likeness (QED) is 0.517. The Kier molecular flexibility index (Phi) is 5.35. The van der Waals surface area contributed by atoms with Crippen LogP contribution in [0.3, 0.4) is 0 Å². The molecule has 0 radical (unpaired) electrons. The summed E-state index contributed by atoms with van der Waals surface area (Å²) >= 11 is 0. The Labute approximate surface area is 76.3 Å². The van der Waals surface area contributed by atoms with Gasteiger partial charge < -0.3 is 9.84 Å². The Morgan fingerprint density at radius 3 is 2.62 bits per heavy atom. The smallest absolute Gasteiger partial charge is 0.421 e. The highest BCUT2D eigenvalue weighted by Gasteiger charge is 2.13. The van der Waals surface area contributed by atoms with Crippen LogP contribution in [-0.2, 0) is 14.9 Å². The molecule has 0 aromatic rings. The average Bonchev–Trinajstić information content (AvgIpc) is 2.00. The van der Waals surface area contributed by atoms with E-state index >= 15 is 0 Å². The number of nitrogens with one attached hydrogen (secondary N) is 2. The van der Waals surface area contributed by atoms with Crippen molar-refractivity contribution in [3.05, 3.63) is 0 Å². The van der Waals surface area contributed by atoms with Crippen LogP contribution in [0.15, 0.2) is 0 Å². The van der Waals surface area contributed by atoms with E-state index in [-0.39, 0.29) is 19.8 Å². The number of ether oxygens (including phenoxy) is 1. The van der Waals surface area contributed by atoms with Gasteiger partial charge in [0, 0.05) is 6.54 Å². The minimum absolute atomic E-state index is 0.0847. The first-order valence-corrected chi connectivity index (χ1v) is 5.05. The average molecular weight is 212 g/mol.